The van der Waals surface area contributed by atoms with E-state index in [9.17, 15) is 0 Å². The van der Waals surface area contributed by atoms with Gasteiger partial charge in [-0.15, -0.1) is 0 Å². The van der Waals surface area contributed by atoms with Crippen LogP contribution in [0.15, 0.2) is 27.6 Å². The molecule has 0 amide bonds. The molecule has 20 heavy (non-hydrogen) atoms. The van der Waals surface area contributed by atoms with E-state index in [0.29, 0.717) is 6.04 Å². The van der Waals surface area contributed by atoms with Crippen LogP contribution in [0, 0.1) is 0 Å². The number of amidine groups is 3. The number of fused-ring (bicyclic) bond motifs is 1. The molecule has 0 aromatic heterocycles. The highest BCUT2D eigenvalue weighted by Gasteiger charge is 2.39. The molecule has 3 rings (SSSR count). The lowest BCUT2D eigenvalue weighted by Crippen LogP contribution is -3.24. The molecule has 1 fully saturated rings. The summed E-state index contributed by atoms with van der Waals surface area (Å²) in [6.07, 6.45) is 6.21. The molecule has 0 bridgehead atoms. The fourth-order valence-corrected chi connectivity index (χ4v) is 2.55. The largest absolute Gasteiger partial charge is 1.00 e. The van der Waals surface area contributed by atoms with Crippen molar-refractivity contribution in [2.24, 2.45) is 15.2 Å². The number of quaternary nitrogens is 3. The van der Waals surface area contributed by atoms with Gasteiger partial charge in [0.05, 0.1) is 25.3 Å². The van der Waals surface area contributed by atoms with Gasteiger partial charge in [0.25, 0.3) is 0 Å². The standard InChI is InChI=1S/C11H16N6.3ClH/c1-8-14-15-11-10(13-4-7-17(8)11)16-5-2-9(12)3-6-16;;;/h4,7,9H,2-3,5-6,12H2,1H3;3*1H. The molecule has 114 valence electrons. The van der Waals surface area contributed by atoms with Crippen molar-refractivity contribution in [2.75, 3.05) is 13.1 Å². The first-order chi connectivity index (χ1) is 8.25. The summed E-state index contributed by atoms with van der Waals surface area (Å²) in [5.74, 6) is 3.03. The van der Waals surface area contributed by atoms with Crippen LogP contribution in [0.2, 0.25) is 0 Å². The Morgan fingerprint density at radius 2 is 1.75 bits per heavy atom. The van der Waals surface area contributed by atoms with Gasteiger partial charge in [-0.25, -0.2) is 4.90 Å². The molecule has 0 aromatic rings. The van der Waals surface area contributed by atoms with Crippen molar-refractivity contribution in [3.05, 3.63) is 12.4 Å². The molecule has 1 atom stereocenters. The third-order valence-electron chi connectivity index (χ3n) is 3.66. The SMILES string of the molecule is CC1=NN=C2C([NH+]3CCC([NH3+])CC3)=NC=C[NH+]12.[Cl-].[Cl-].[Cl-]. The summed E-state index contributed by atoms with van der Waals surface area (Å²) in [6.45, 7) is 4.20. The van der Waals surface area contributed by atoms with Gasteiger partial charge < -0.3 is 43.0 Å². The molecular formula is C11H19Cl3N6. The second kappa shape index (κ2) is 8.07. The summed E-state index contributed by atoms with van der Waals surface area (Å²) in [6, 6.07) is 0.602. The van der Waals surface area contributed by atoms with Gasteiger partial charge in [0, 0.05) is 19.8 Å². The van der Waals surface area contributed by atoms with Crippen LogP contribution in [0.1, 0.15) is 19.8 Å². The van der Waals surface area contributed by atoms with E-state index in [-0.39, 0.29) is 37.2 Å². The maximum atomic E-state index is 4.51. The van der Waals surface area contributed by atoms with Gasteiger partial charge in [-0.05, 0) is 0 Å². The molecule has 6 nitrogen and oxygen atoms in total. The van der Waals surface area contributed by atoms with E-state index >= 15 is 0 Å². The van der Waals surface area contributed by atoms with Gasteiger partial charge in [-0.1, -0.05) is 10.2 Å². The fourth-order valence-electron chi connectivity index (χ4n) is 2.55. The average Bonchev–Trinajstić information content (AvgIpc) is 2.73. The first-order valence-electron chi connectivity index (χ1n) is 6.18. The summed E-state index contributed by atoms with van der Waals surface area (Å²) in [5, 5.41) is 8.41. The Morgan fingerprint density at radius 1 is 1.10 bits per heavy atom. The Hall–Kier alpha value is -0.500. The summed E-state index contributed by atoms with van der Waals surface area (Å²) in [5.41, 5.74) is 4.13. The van der Waals surface area contributed by atoms with Gasteiger partial charge >= 0.3 is 11.7 Å². The second-order valence-electron chi connectivity index (χ2n) is 4.89. The molecule has 3 aliphatic rings. The zero-order valence-electron chi connectivity index (χ0n) is 11.2. The predicted octanol–water partition coefficient (Wildman–Crippen LogP) is -12.2. The van der Waals surface area contributed by atoms with E-state index in [1.54, 1.807) is 0 Å². The van der Waals surface area contributed by atoms with Crippen molar-refractivity contribution in [2.45, 2.75) is 25.8 Å². The normalized spacial score (nSPS) is 30.7. The number of likely N-dealkylation sites (tertiary alicyclic amines) is 1. The first kappa shape index (κ1) is 19.5. The Morgan fingerprint density at radius 3 is 2.40 bits per heavy atom. The van der Waals surface area contributed by atoms with Gasteiger partial charge in [-0.3, -0.25) is 4.90 Å². The van der Waals surface area contributed by atoms with E-state index in [4.69, 9.17) is 0 Å². The minimum atomic E-state index is 0. The molecule has 0 saturated carbocycles. The van der Waals surface area contributed by atoms with Crippen molar-refractivity contribution >= 4 is 17.5 Å². The van der Waals surface area contributed by atoms with Crippen LogP contribution in [0.25, 0.3) is 0 Å². The number of nitrogens with zero attached hydrogens (tertiary/aromatic N) is 3. The lowest BCUT2D eigenvalue weighted by atomic mass is 10.1. The lowest BCUT2D eigenvalue weighted by molar-refractivity contribution is -0.819. The van der Waals surface area contributed by atoms with Crippen LogP contribution < -0.4 is 52.8 Å². The van der Waals surface area contributed by atoms with Crippen LogP contribution in [0.5, 0.6) is 0 Å². The predicted molar refractivity (Wildman–Crippen MR) is 64.7 cm³/mol. The molecule has 3 heterocycles. The molecule has 0 radical (unpaired) electrons. The number of aliphatic imine (C=N–C) groups is 1. The summed E-state index contributed by atoms with van der Waals surface area (Å²) in [7, 11) is 0. The molecule has 9 heteroatoms. The average molecular weight is 342 g/mol. The van der Waals surface area contributed by atoms with Crippen LogP contribution in [-0.4, -0.2) is 36.6 Å². The first-order valence-corrected chi connectivity index (χ1v) is 6.18. The molecule has 1 saturated heterocycles. The molecular weight excluding hydrogens is 323 g/mol. The Bertz CT molecular complexity index is 451. The number of rotatable bonds is 0. The van der Waals surface area contributed by atoms with Crippen LogP contribution >= 0.6 is 0 Å². The summed E-state index contributed by atoms with van der Waals surface area (Å²) >= 11 is 0. The third-order valence-corrected chi connectivity index (χ3v) is 3.66. The Kier molecular flexibility index (Phi) is 7.87. The number of halogens is 3. The highest BCUT2D eigenvalue weighted by atomic mass is 35.5. The Labute approximate surface area is 137 Å². The summed E-state index contributed by atoms with van der Waals surface area (Å²) < 4.78 is 0. The molecule has 1 unspecified atom stereocenters. The number of hydrogen-bond acceptors (Lipinski definition) is 3. The molecule has 0 aromatic carbocycles. The van der Waals surface area contributed by atoms with Crippen LogP contribution in [0.4, 0.5) is 0 Å². The number of hydrogen-bond donors (Lipinski definition) is 3. The molecule has 0 spiro atoms. The fraction of sp³-hybridized carbons (Fsp3) is 0.545. The van der Waals surface area contributed by atoms with Crippen molar-refractivity contribution in [3.63, 3.8) is 0 Å². The van der Waals surface area contributed by atoms with Gasteiger partial charge in [0.2, 0.25) is 5.84 Å². The number of piperidine rings is 1. The Balaban J connectivity index is 0.00000120. The topological polar surface area (TPSA) is 73.6 Å². The summed E-state index contributed by atoms with van der Waals surface area (Å²) in [4.78, 5) is 7.07. The van der Waals surface area contributed by atoms with Gasteiger partial charge in [-0.2, -0.15) is 4.99 Å². The quantitative estimate of drug-likeness (QED) is 0.392. The minimum absolute atomic E-state index is 0. The molecule has 0 aliphatic carbocycles. The van der Waals surface area contributed by atoms with Gasteiger partial charge in [0.1, 0.15) is 6.20 Å². The van der Waals surface area contributed by atoms with E-state index in [0.717, 1.165) is 35.5 Å². The van der Waals surface area contributed by atoms with E-state index in [2.05, 4.69) is 20.9 Å². The maximum absolute atomic E-state index is 4.51. The third kappa shape index (κ3) is 3.58. The maximum Gasteiger partial charge on any atom is 0.339 e. The zero-order valence-corrected chi connectivity index (χ0v) is 13.5. The highest BCUT2D eigenvalue weighted by Crippen LogP contribution is 1.95. The van der Waals surface area contributed by atoms with Crippen molar-refractivity contribution in [3.8, 4) is 0 Å². The second-order valence-corrected chi connectivity index (χ2v) is 4.89. The number of nitrogens with one attached hydrogen (secondary N) is 2. The van der Waals surface area contributed by atoms with E-state index in [1.165, 1.54) is 17.7 Å². The van der Waals surface area contributed by atoms with Gasteiger partial charge in [0.15, 0.2) is 0 Å². The minimum Gasteiger partial charge on any atom is -1.00 e. The van der Waals surface area contributed by atoms with Crippen molar-refractivity contribution < 1.29 is 52.8 Å². The van der Waals surface area contributed by atoms with Crippen LogP contribution in [-0.2, 0) is 0 Å². The smallest absolute Gasteiger partial charge is 0.339 e. The highest BCUT2D eigenvalue weighted by molar-refractivity contribution is 6.35. The van der Waals surface area contributed by atoms with Crippen LogP contribution in [0.3, 0.4) is 0 Å². The van der Waals surface area contributed by atoms with E-state index in [1.807, 2.05) is 19.3 Å². The molecule has 5 N–H and O–H groups in total. The van der Waals surface area contributed by atoms with Crippen molar-refractivity contribution in [1.82, 2.24) is 0 Å². The monoisotopic (exact) mass is 340 g/mol. The van der Waals surface area contributed by atoms with Crippen molar-refractivity contribution in [1.29, 1.82) is 0 Å². The zero-order chi connectivity index (χ0) is 11.8. The molecule has 3 aliphatic heterocycles. The van der Waals surface area contributed by atoms with E-state index < -0.39 is 0 Å². The lowest BCUT2D eigenvalue weighted by Gasteiger charge is -2.26.